The molecule has 0 amide bonds. The van der Waals surface area contributed by atoms with Crippen LogP contribution in [0.3, 0.4) is 0 Å². The van der Waals surface area contributed by atoms with Crippen LogP contribution in [0.4, 0.5) is 48.3 Å². The largest absolute Gasteiger partial charge is 0.422 e. The first-order valence-corrected chi connectivity index (χ1v) is 15.6. The van der Waals surface area contributed by atoms with E-state index in [1.807, 2.05) is 0 Å². The first kappa shape index (κ1) is 36.4. The molecule has 7 rings (SSSR count). The summed E-state index contributed by atoms with van der Waals surface area (Å²) in [7, 11) is 0. The molecule has 2 aliphatic rings. The number of rotatable bonds is 2. The standard InChI is InChI=1S/C40H13F11N4/c1-14-32(41)34(43)29(35(44)33(14)42)17-8-4-6-15-19(17)10-21-25(15)28(24(13-53)55-3)22-11-20-16(26(22)27(21)23(12-52)54-2)7-5-9-18(20)30-36(45)38(47)31(40(49,50)51)39(48)37(30)46/h4-9H,10-11H2,1H3/b27-23+,28-24-. The lowest BCUT2D eigenvalue weighted by atomic mass is 9.90. The van der Waals surface area contributed by atoms with E-state index in [1.165, 1.54) is 18.2 Å². The van der Waals surface area contributed by atoms with Crippen molar-refractivity contribution in [2.75, 3.05) is 0 Å². The Labute approximate surface area is 302 Å². The number of fused-ring (bicyclic) bond motifs is 6. The van der Waals surface area contributed by atoms with Gasteiger partial charge in [0.05, 0.1) is 36.4 Å². The quantitative estimate of drug-likeness (QED) is 0.100. The van der Waals surface area contributed by atoms with E-state index in [9.17, 15) is 41.3 Å². The van der Waals surface area contributed by atoms with Gasteiger partial charge in [0.1, 0.15) is 5.56 Å². The Kier molecular flexibility index (Phi) is 8.32. The van der Waals surface area contributed by atoms with Gasteiger partial charge in [0.2, 0.25) is 0 Å². The molecule has 0 spiro atoms. The van der Waals surface area contributed by atoms with E-state index >= 15 is 17.6 Å². The molecule has 270 valence electrons. The number of alkyl halides is 3. The highest BCUT2D eigenvalue weighted by molar-refractivity contribution is 5.96. The van der Waals surface area contributed by atoms with Gasteiger partial charge in [-0.05, 0) is 75.4 Å². The maximum atomic E-state index is 15.5. The zero-order valence-electron chi connectivity index (χ0n) is 27.3. The van der Waals surface area contributed by atoms with Crippen LogP contribution in [0.1, 0.15) is 33.4 Å². The summed E-state index contributed by atoms with van der Waals surface area (Å²) < 4.78 is 161. The third-order valence-corrected chi connectivity index (χ3v) is 9.78. The van der Waals surface area contributed by atoms with Gasteiger partial charge >= 0.3 is 6.18 Å². The molecule has 15 heteroatoms. The summed E-state index contributed by atoms with van der Waals surface area (Å²) in [4.78, 5) is 6.63. The SMILES string of the molecule is [C-]#[N+]/C(C#N)=c1/c2c(/c(=C(\C#N)[N+]#[C-])c3c1-c1cccc(-c4c(F)c(F)c(C)c(F)c4F)c1C3)-c1cccc(-c3c(F)c(F)c(C(F)(F)F)c(F)c3F)c1C2. The van der Waals surface area contributed by atoms with Crippen molar-refractivity contribution in [3.63, 3.8) is 0 Å². The summed E-state index contributed by atoms with van der Waals surface area (Å²) in [5, 5.41) is 20.0. The fourth-order valence-electron chi connectivity index (χ4n) is 7.54. The zero-order valence-corrected chi connectivity index (χ0v) is 27.3. The molecule has 5 aromatic carbocycles. The van der Waals surface area contributed by atoms with E-state index in [2.05, 4.69) is 9.69 Å². The monoisotopic (exact) mass is 758 g/mol. The van der Waals surface area contributed by atoms with E-state index in [0.717, 1.165) is 25.1 Å². The smallest absolute Gasteiger partial charge is 0.226 e. The van der Waals surface area contributed by atoms with Crippen LogP contribution in [0, 0.1) is 89.3 Å². The number of nitriles is 2. The topological polar surface area (TPSA) is 56.3 Å². The number of benzene rings is 5. The van der Waals surface area contributed by atoms with Gasteiger partial charge in [-0.3, -0.25) is 0 Å². The van der Waals surface area contributed by atoms with Crippen LogP contribution in [0.2, 0.25) is 0 Å². The third-order valence-electron chi connectivity index (χ3n) is 9.78. The van der Waals surface area contributed by atoms with Crippen LogP contribution in [0.5, 0.6) is 0 Å². The Hall–Kier alpha value is -6.97. The summed E-state index contributed by atoms with van der Waals surface area (Å²) in [5.41, 5.74) is -8.78. The van der Waals surface area contributed by atoms with E-state index in [0.29, 0.717) is 0 Å². The normalized spacial score (nSPS) is 13.5. The molecule has 0 radical (unpaired) electrons. The summed E-state index contributed by atoms with van der Waals surface area (Å²) >= 11 is 0. The molecule has 4 nitrogen and oxygen atoms in total. The van der Waals surface area contributed by atoms with Gasteiger partial charge in [-0.1, -0.05) is 36.4 Å². The summed E-state index contributed by atoms with van der Waals surface area (Å²) in [6.45, 7) is 16.5. The molecule has 0 N–H and O–H groups in total. The highest BCUT2D eigenvalue weighted by Gasteiger charge is 2.43. The average molecular weight is 759 g/mol. The minimum absolute atomic E-state index is 0.0123. The summed E-state index contributed by atoms with van der Waals surface area (Å²) in [6.07, 6.45) is -6.78. The lowest BCUT2D eigenvalue weighted by Gasteiger charge is -2.16. The van der Waals surface area contributed by atoms with Crippen molar-refractivity contribution in [2.45, 2.75) is 25.9 Å². The maximum Gasteiger partial charge on any atom is 0.422 e. The van der Waals surface area contributed by atoms with E-state index in [1.54, 1.807) is 12.1 Å². The molecular formula is C40H13F11N4. The van der Waals surface area contributed by atoms with Gasteiger partial charge in [-0.15, -0.1) is 0 Å². The Morgan fingerprint density at radius 3 is 1.18 bits per heavy atom. The minimum Gasteiger partial charge on any atom is -0.226 e. The maximum absolute atomic E-state index is 15.5. The lowest BCUT2D eigenvalue weighted by molar-refractivity contribution is -0.143. The molecule has 5 aromatic rings. The molecule has 0 aliphatic heterocycles. The number of hydrogen-bond donors (Lipinski definition) is 0. The number of hydrogen-bond acceptors (Lipinski definition) is 2. The Morgan fingerprint density at radius 2 is 0.873 bits per heavy atom. The molecule has 0 heterocycles. The van der Waals surface area contributed by atoms with Crippen LogP contribution < -0.4 is 10.4 Å². The molecule has 0 atom stereocenters. The Bertz CT molecular complexity index is 2860. The van der Waals surface area contributed by atoms with Crippen LogP contribution in [-0.4, -0.2) is 0 Å². The fourth-order valence-corrected chi connectivity index (χ4v) is 7.54. The van der Waals surface area contributed by atoms with Crippen molar-refractivity contribution in [3.05, 3.63) is 150 Å². The zero-order chi connectivity index (χ0) is 40.0. The predicted octanol–water partition coefficient (Wildman–Crippen LogP) is 9.71. The molecule has 0 fully saturated rings. The second-order valence-electron chi connectivity index (χ2n) is 12.4. The first-order chi connectivity index (χ1) is 26.0. The van der Waals surface area contributed by atoms with Gasteiger partial charge < -0.3 is 0 Å². The average Bonchev–Trinajstić information content (AvgIpc) is 3.73. The van der Waals surface area contributed by atoms with Crippen LogP contribution >= 0.6 is 0 Å². The molecular weight excluding hydrogens is 745 g/mol. The summed E-state index contributed by atoms with van der Waals surface area (Å²) in [6, 6.07) is 10.7. The van der Waals surface area contributed by atoms with Gasteiger partial charge in [0.15, 0.2) is 46.5 Å². The fraction of sp³-hybridized carbons (Fsp3) is 0.100. The molecule has 0 aromatic heterocycles. The van der Waals surface area contributed by atoms with Crippen LogP contribution in [0.25, 0.3) is 65.6 Å². The second-order valence-corrected chi connectivity index (χ2v) is 12.4. The van der Waals surface area contributed by atoms with Crippen LogP contribution in [0.15, 0.2) is 36.4 Å². The van der Waals surface area contributed by atoms with Crippen molar-refractivity contribution in [2.24, 2.45) is 0 Å². The van der Waals surface area contributed by atoms with E-state index in [-0.39, 0.29) is 60.5 Å². The van der Waals surface area contributed by atoms with Crippen molar-refractivity contribution < 1.29 is 48.3 Å². The van der Waals surface area contributed by atoms with E-state index < -0.39 is 105 Å². The first-order valence-electron chi connectivity index (χ1n) is 15.6. The van der Waals surface area contributed by atoms with Gasteiger partial charge in [-0.2, -0.15) is 13.2 Å². The van der Waals surface area contributed by atoms with Crippen molar-refractivity contribution >= 4 is 11.4 Å². The minimum atomic E-state index is -5.82. The van der Waals surface area contributed by atoms with E-state index in [4.69, 9.17) is 13.1 Å². The van der Waals surface area contributed by atoms with Gasteiger partial charge in [-0.25, -0.2) is 55.3 Å². The molecule has 2 aliphatic carbocycles. The predicted molar refractivity (Wildman–Crippen MR) is 174 cm³/mol. The molecule has 0 bridgehead atoms. The van der Waals surface area contributed by atoms with Gasteiger partial charge in [0, 0.05) is 16.0 Å². The van der Waals surface area contributed by atoms with Crippen molar-refractivity contribution in [1.29, 1.82) is 10.5 Å². The Morgan fingerprint density at radius 1 is 0.545 bits per heavy atom. The molecule has 0 saturated heterocycles. The third kappa shape index (κ3) is 4.93. The lowest BCUT2D eigenvalue weighted by Crippen LogP contribution is -2.25. The highest BCUT2D eigenvalue weighted by atomic mass is 19.4. The second kappa shape index (κ2) is 12.6. The highest BCUT2D eigenvalue weighted by Crippen LogP contribution is 2.48. The Balaban J connectivity index is 1.63. The number of nitrogens with zero attached hydrogens (tertiary/aromatic N) is 4. The summed E-state index contributed by atoms with van der Waals surface area (Å²) in [5.74, 6) is -17.0. The van der Waals surface area contributed by atoms with Crippen molar-refractivity contribution in [1.82, 2.24) is 0 Å². The molecule has 0 saturated carbocycles. The van der Waals surface area contributed by atoms with Crippen molar-refractivity contribution in [3.8, 4) is 56.6 Å². The van der Waals surface area contributed by atoms with Crippen LogP contribution in [-0.2, 0) is 19.0 Å². The molecule has 55 heavy (non-hydrogen) atoms. The van der Waals surface area contributed by atoms with Gasteiger partial charge in [0.25, 0.3) is 11.4 Å². The number of halogens is 11. The molecule has 0 unspecified atom stereocenters.